The number of aromatic nitrogens is 2. The minimum Gasteiger partial charge on any atom is -0.333 e. The summed E-state index contributed by atoms with van der Waals surface area (Å²) in [5.41, 5.74) is 6.00. The second kappa shape index (κ2) is 4.46. The van der Waals surface area contributed by atoms with Crippen molar-refractivity contribution in [3.05, 3.63) is 23.3 Å². The Hall–Kier alpha value is -1.24. The molecule has 4 nitrogen and oxygen atoms in total. The van der Waals surface area contributed by atoms with E-state index in [4.69, 9.17) is 10.3 Å². The van der Waals surface area contributed by atoms with Crippen LogP contribution in [0.3, 0.4) is 0 Å². The van der Waals surface area contributed by atoms with Crippen molar-refractivity contribution in [1.29, 1.82) is 0 Å². The maximum absolute atomic E-state index is 6.00. The summed E-state index contributed by atoms with van der Waals surface area (Å²) in [6.07, 6.45) is 0. The molecule has 0 bridgehead atoms. The van der Waals surface area contributed by atoms with E-state index in [0.29, 0.717) is 17.6 Å². The van der Waals surface area contributed by atoms with Gasteiger partial charge in [0.2, 0.25) is 0 Å². The predicted octanol–water partition coefficient (Wildman–Crippen LogP) is 3.67. The van der Waals surface area contributed by atoms with Gasteiger partial charge in [-0.25, -0.2) is 0 Å². The minimum atomic E-state index is -0.177. The highest BCUT2D eigenvalue weighted by Crippen LogP contribution is 2.35. The second-order valence-corrected chi connectivity index (χ2v) is 6.52. The van der Waals surface area contributed by atoms with Crippen LogP contribution < -0.4 is 5.73 Å². The Bertz CT molecular complexity index is 639. The van der Waals surface area contributed by atoms with Crippen LogP contribution in [-0.2, 0) is 0 Å². The minimum absolute atomic E-state index is 0.177. The first-order chi connectivity index (χ1) is 8.65. The van der Waals surface area contributed by atoms with Crippen molar-refractivity contribution in [2.24, 2.45) is 11.7 Å². The first-order valence-electron chi connectivity index (χ1n) is 5.71. The molecule has 1 unspecified atom stereocenters. The van der Waals surface area contributed by atoms with Crippen LogP contribution >= 0.6 is 22.7 Å². The molecule has 0 saturated carbocycles. The summed E-state index contributed by atoms with van der Waals surface area (Å²) in [5, 5.41) is 6.05. The Morgan fingerprint density at radius 3 is 2.89 bits per heavy atom. The molecular weight excluding hydrogens is 266 g/mol. The summed E-state index contributed by atoms with van der Waals surface area (Å²) < 4.78 is 7.80. The van der Waals surface area contributed by atoms with Gasteiger partial charge in [-0.15, -0.1) is 22.7 Å². The Balaban J connectivity index is 1.95. The normalized spacial score (nSPS) is 13.6. The number of nitrogens with two attached hydrogens (primary N) is 1. The third kappa shape index (κ3) is 1.96. The molecule has 1 atom stereocenters. The highest BCUT2D eigenvalue weighted by molar-refractivity contribution is 7.28. The molecule has 0 fully saturated rings. The number of nitrogens with zero attached hydrogens (tertiary/aromatic N) is 2. The third-order valence-electron chi connectivity index (χ3n) is 2.81. The summed E-state index contributed by atoms with van der Waals surface area (Å²) in [5.74, 6) is 1.44. The van der Waals surface area contributed by atoms with E-state index in [-0.39, 0.29) is 6.04 Å². The van der Waals surface area contributed by atoms with E-state index in [0.717, 1.165) is 4.88 Å². The van der Waals surface area contributed by atoms with E-state index in [1.54, 1.807) is 22.7 Å². The molecule has 0 aromatic carbocycles. The first kappa shape index (κ1) is 11.8. The Morgan fingerprint density at radius 2 is 2.17 bits per heavy atom. The monoisotopic (exact) mass is 279 g/mol. The van der Waals surface area contributed by atoms with Crippen LogP contribution in [0.25, 0.3) is 20.2 Å². The van der Waals surface area contributed by atoms with Crippen molar-refractivity contribution in [1.82, 2.24) is 10.1 Å². The van der Waals surface area contributed by atoms with E-state index in [9.17, 15) is 0 Å². The van der Waals surface area contributed by atoms with Gasteiger partial charge in [-0.3, -0.25) is 0 Å². The number of hydrogen-bond donors (Lipinski definition) is 1. The van der Waals surface area contributed by atoms with Gasteiger partial charge in [0, 0.05) is 9.40 Å². The molecule has 2 N–H and O–H groups in total. The summed E-state index contributed by atoms with van der Waals surface area (Å²) in [6.45, 7) is 4.09. The van der Waals surface area contributed by atoms with E-state index in [1.165, 1.54) is 9.40 Å². The zero-order valence-corrected chi connectivity index (χ0v) is 11.7. The quantitative estimate of drug-likeness (QED) is 0.794. The molecular formula is C12H13N3OS2. The van der Waals surface area contributed by atoms with Crippen LogP contribution in [0.4, 0.5) is 0 Å². The highest BCUT2D eigenvalue weighted by atomic mass is 32.1. The molecule has 94 valence electrons. The Kier molecular flexibility index (Phi) is 2.93. The molecule has 3 heterocycles. The summed E-state index contributed by atoms with van der Waals surface area (Å²) in [4.78, 5) is 5.39. The molecule has 0 spiro atoms. The molecule has 0 radical (unpaired) electrons. The topological polar surface area (TPSA) is 64.9 Å². The van der Waals surface area contributed by atoms with E-state index in [1.807, 2.05) is 13.8 Å². The molecule has 0 saturated heterocycles. The molecule has 18 heavy (non-hydrogen) atoms. The Morgan fingerprint density at radius 1 is 1.33 bits per heavy atom. The third-order valence-corrected chi connectivity index (χ3v) is 4.89. The molecule has 6 heteroatoms. The van der Waals surface area contributed by atoms with E-state index in [2.05, 4.69) is 27.7 Å². The molecule has 3 aromatic heterocycles. The fraction of sp³-hybridized carbons (Fsp3) is 0.333. The van der Waals surface area contributed by atoms with Crippen LogP contribution in [0.5, 0.6) is 0 Å². The van der Waals surface area contributed by atoms with Gasteiger partial charge in [-0.05, 0) is 23.4 Å². The van der Waals surface area contributed by atoms with Gasteiger partial charge in [-0.1, -0.05) is 19.0 Å². The van der Waals surface area contributed by atoms with Crippen LogP contribution in [0.15, 0.2) is 22.0 Å². The van der Waals surface area contributed by atoms with Crippen molar-refractivity contribution in [2.75, 3.05) is 0 Å². The lowest BCUT2D eigenvalue weighted by Crippen LogP contribution is -2.18. The number of fused-ring (bicyclic) bond motifs is 1. The highest BCUT2D eigenvalue weighted by Gasteiger charge is 2.19. The molecule has 3 aromatic rings. The molecule has 0 aliphatic rings. The standard InChI is InChI=1S/C12H13N3OS2/c1-6(2)10(13)11-14-12(16-15-11)9-5-8-7(18-9)3-4-17-8/h3-6,10H,13H2,1-2H3. The number of rotatable bonds is 3. The van der Waals surface area contributed by atoms with Gasteiger partial charge in [-0.2, -0.15) is 4.98 Å². The van der Waals surface area contributed by atoms with Crippen LogP contribution in [0, 0.1) is 5.92 Å². The fourth-order valence-corrected chi connectivity index (χ4v) is 3.67. The Labute approximate surface area is 112 Å². The molecule has 0 aliphatic heterocycles. The smallest absolute Gasteiger partial charge is 0.268 e. The van der Waals surface area contributed by atoms with Crippen LogP contribution in [-0.4, -0.2) is 10.1 Å². The van der Waals surface area contributed by atoms with Crippen molar-refractivity contribution in [3.8, 4) is 10.8 Å². The largest absolute Gasteiger partial charge is 0.333 e. The van der Waals surface area contributed by atoms with Gasteiger partial charge in [0.05, 0.1) is 10.9 Å². The lowest BCUT2D eigenvalue weighted by Gasteiger charge is -2.09. The van der Waals surface area contributed by atoms with Crippen molar-refractivity contribution in [2.45, 2.75) is 19.9 Å². The van der Waals surface area contributed by atoms with Gasteiger partial charge < -0.3 is 10.3 Å². The first-order valence-corrected chi connectivity index (χ1v) is 7.41. The molecule has 0 aliphatic carbocycles. The van der Waals surface area contributed by atoms with Crippen LogP contribution in [0.1, 0.15) is 25.7 Å². The van der Waals surface area contributed by atoms with Crippen molar-refractivity contribution in [3.63, 3.8) is 0 Å². The number of thiophene rings is 2. The van der Waals surface area contributed by atoms with Crippen LogP contribution in [0.2, 0.25) is 0 Å². The van der Waals surface area contributed by atoms with Gasteiger partial charge in [0.1, 0.15) is 0 Å². The summed E-state index contributed by atoms with van der Waals surface area (Å²) in [7, 11) is 0. The predicted molar refractivity (Wildman–Crippen MR) is 74.8 cm³/mol. The van der Waals surface area contributed by atoms with Crippen molar-refractivity contribution < 1.29 is 4.52 Å². The average molecular weight is 279 g/mol. The molecule has 3 rings (SSSR count). The summed E-state index contributed by atoms with van der Waals surface area (Å²) in [6, 6.07) is 4.01. The lowest BCUT2D eigenvalue weighted by atomic mass is 10.1. The SMILES string of the molecule is CC(C)C(N)c1noc(-c2cc3sccc3s2)n1. The molecule has 0 amide bonds. The average Bonchev–Trinajstić information content (AvgIpc) is 3.01. The zero-order chi connectivity index (χ0) is 12.7. The lowest BCUT2D eigenvalue weighted by molar-refractivity contribution is 0.400. The van der Waals surface area contributed by atoms with Gasteiger partial charge >= 0.3 is 0 Å². The van der Waals surface area contributed by atoms with Gasteiger partial charge in [0.25, 0.3) is 5.89 Å². The van der Waals surface area contributed by atoms with Crippen molar-refractivity contribution >= 4 is 32.1 Å². The number of hydrogen-bond acceptors (Lipinski definition) is 6. The van der Waals surface area contributed by atoms with Gasteiger partial charge in [0.15, 0.2) is 5.82 Å². The maximum Gasteiger partial charge on any atom is 0.268 e. The zero-order valence-electron chi connectivity index (χ0n) is 10.1. The van der Waals surface area contributed by atoms with E-state index < -0.39 is 0 Å². The fourth-order valence-electron chi connectivity index (χ4n) is 1.64. The maximum atomic E-state index is 6.00. The second-order valence-electron chi connectivity index (χ2n) is 4.49. The summed E-state index contributed by atoms with van der Waals surface area (Å²) >= 11 is 3.38. The van der Waals surface area contributed by atoms with E-state index >= 15 is 0 Å².